The second-order valence-corrected chi connectivity index (χ2v) is 5.34. The standard InChI is InChI=1S/C15H23FN2O/c1-18(11-13-5-2-3-6-14(13)16)15(12-17)7-4-9-19-10-8-15/h2-3,5-6H,4,7-12,17H2,1H3. The first kappa shape index (κ1) is 14.4. The maximum Gasteiger partial charge on any atom is 0.127 e. The van der Waals surface area contributed by atoms with Crippen LogP contribution in [0.1, 0.15) is 24.8 Å². The lowest BCUT2D eigenvalue weighted by Gasteiger charge is -2.40. The molecule has 19 heavy (non-hydrogen) atoms. The summed E-state index contributed by atoms with van der Waals surface area (Å²) in [6.45, 7) is 2.71. The van der Waals surface area contributed by atoms with Crippen LogP contribution in [0, 0.1) is 5.82 Å². The van der Waals surface area contributed by atoms with E-state index in [4.69, 9.17) is 10.5 Å². The van der Waals surface area contributed by atoms with Crippen LogP contribution in [0.2, 0.25) is 0 Å². The van der Waals surface area contributed by atoms with Crippen LogP contribution < -0.4 is 5.73 Å². The summed E-state index contributed by atoms with van der Waals surface area (Å²) in [5, 5.41) is 0. The maximum atomic E-state index is 13.7. The Morgan fingerprint density at radius 2 is 2.11 bits per heavy atom. The van der Waals surface area contributed by atoms with Crippen molar-refractivity contribution in [2.75, 3.05) is 26.8 Å². The van der Waals surface area contributed by atoms with Gasteiger partial charge in [0, 0.05) is 37.4 Å². The Morgan fingerprint density at radius 3 is 2.84 bits per heavy atom. The smallest absolute Gasteiger partial charge is 0.127 e. The van der Waals surface area contributed by atoms with Crippen LogP contribution >= 0.6 is 0 Å². The van der Waals surface area contributed by atoms with Gasteiger partial charge in [0.1, 0.15) is 5.82 Å². The molecule has 1 fully saturated rings. The Balaban J connectivity index is 2.12. The van der Waals surface area contributed by atoms with Crippen LogP contribution in [0.15, 0.2) is 24.3 Å². The van der Waals surface area contributed by atoms with Gasteiger partial charge in [-0.15, -0.1) is 0 Å². The van der Waals surface area contributed by atoms with Crippen LogP contribution in [0.4, 0.5) is 4.39 Å². The third kappa shape index (κ3) is 3.32. The number of nitrogens with zero attached hydrogens (tertiary/aromatic N) is 1. The van der Waals surface area contributed by atoms with E-state index in [0.29, 0.717) is 13.1 Å². The number of ether oxygens (including phenoxy) is 1. The van der Waals surface area contributed by atoms with Crippen molar-refractivity contribution in [1.82, 2.24) is 4.90 Å². The number of halogens is 1. The molecule has 3 nitrogen and oxygen atoms in total. The molecule has 0 aliphatic carbocycles. The molecule has 1 atom stereocenters. The highest BCUT2D eigenvalue weighted by Gasteiger charge is 2.34. The summed E-state index contributed by atoms with van der Waals surface area (Å²) < 4.78 is 19.3. The summed E-state index contributed by atoms with van der Waals surface area (Å²) in [4.78, 5) is 2.19. The Bertz CT molecular complexity index is 403. The van der Waals surface area contributed by atoms with Crippen molar-refractivity contribution in [3.63, 3.8) is 0 Å². The highest BCUT2D eigenvalue weighted by atomic mass is 19.1. The number of benzene rings is 1. The third-order valence-corrected chi connectivity index (χ3v) is 4.20. The van der Waals surface area contributed by atoms with Crippen LogP contribution in [0.25, 0.3) is 0 Å². The molecule has 1 aromatic carbocycles. The first-order valence-corrected chi connectivity index (χ1v) is 6.90. The topological polar surface area (TPSA) is 38.5 Å². The molecule has 106 valence electrons. The van der Waals surface area contributed by atoms with E-state index in [0.717, 1.165) is 38.0 Å². The number of likely N-dealkylation sites (N-methyl/N-ethyl adjacent to an activating group) is 1. The fraction of sp³-hybridized carbons (Fsp3) is 0.600. The van der Waals surface area contributed by atoms with Crippen molar-refractivity contribution >= 4 is 0 Å². The van der Waals surface area contributed by atoms with E-state index in [-0.39, 0.29) is 11.4 Å². The number of rotatable bonds is 4. The summed E-state index contributed by atoms with van der Waals surface area (Å²) in [6.07, 6.45) is 2.93. The minimum Gasteiger partial charge on any atom is -0.381 e. The Morgan fingerprint density at radius 1 is 1.32 bits per heavy atom. The monoisotopic (exact) mass is 266 g/mol. The van der Waals surface area contributed by atoms with Crippen molar-refractivity contribution < 1.29 is 9.13 Å². The first-order valence-electron chi connectivity index (χ1n) is 6.90. The fourth-order valence-corrected chi connectivity index (χ4v) is 2.78. The van der Waals surface area contributed by atoms with Gasteiger partial charge < -0.3 is 10.5 Å². The Hall–Kier alpha value is -0.970. The zero-order valence-corrected chi connectivity index (χ0v) is 11.6. The van der Waals surface area contributed by atoms with Gasteiger partial charge in [-0.2, -0.15) is 0 Å². The average molecular weight is 266 g/mol. The van der Waals surface area contributed by atoms with Crippen molar-refractivity contribution in [3.05, 3.63) is 35.6 Å². The molecule has 1 heterocycles. The van der Waals surface area contributed by atoms with Gasteiger partial charge in [-0.1, -0.05) is 18.2 Å². The lowest BCUT2D eigenvalue weighted by Crippen LogP contribution is -2.52. The van der Waals surface area contributed by atoms with E-state index in [1.54, 1.807) is 6.07 Å². The molecule has 1 saturated heterocycles. The third-order valence-electron chi connectivity index (χ3n) is 4.20. The summed E-state index contributed by atoms with van der Waals surface area (Å²) in [5.74, 6) is -0.147. The quantitative estimate of drug-likeness (QED) is 0.907. The van der Waals surface area contributed by atoms with Gasteiger partial charge in [0.15, 0.2) is 0 Å². The number of hydrogen-bond acceptors (Lipinski definition) is 3. The molecule has 2 N–H and O–H groups in total. The lowest BCUT2D eigenvalue weighted by molar-refractivity contribution is 0.0827. The minimum absolute atomic E-state index is 0.0707. The van der Waals surface area contributed by atoms with Gasteiger partial charge in [0.2, 0.25) is 0 Å². The van der Waals surface area contributed by atoms with Crippen molar-refractivity contribution in [3.8, 4) is 0 Å². The molecule has 0 radical (unpaired) electrons. The zero-order chi connectivity index (χ0) is 13.7. The van der Waals surface area contributed by atoms with Crippen molar-refractivity contribution in [2.45, 2.75) is 31.3 Å². The molecule has 4 heteroatoms. The van der Waals surface area contributed by atoms with Crippen LogP contribution in [0.3, 0.4) is 0 Å². The second kappa shape index (κ2) is 6.46. The van der Waals surface area contributed by atoms with Gasteiger partial charge >= 0.3 is 0 Å². The van der Waals surface area contributed by atoms with E-state index in [2.05, 4.69) is 4.90 Å². The molecule has 1 aliphatic rings. The highest BCUT2D eigenvalue weighted by Crippen LogP contribution is 2.28. The van der Waals surface area contributed by atoms with Gasteiger partial charge in [-0.3, -0.25) is 4.90 Å². The Kier molecular flexibility index (Phi) is 4.91. The van der Waals surface area contributed by atoms with Crippen LogP contribution in [-0.4, -0.2) is 37.2 Å². The predicted molar refractivity (Wildman–Crippen MR) is 74.3 cm³/mol. The summed E-state index contributed by atoms with van der Waals surface area (Å²) >= 11 is 0. The summed E-state index contributed by atoms with van der Waals surface area (Å²) in [5.41, 5.74) is 6.66. The molecule has 0 bridgehead atoms. The number of nitrogens with two attached hydrogens (primary N) is 1. The maximum absolute atomic E-state index is 13.7. The summed E-state index contributed by atoms with van der Waals surface area (Å²) in [6, 6.07) is 6.94. The molecule has 0 spiro atoms. The predicted octanol–water partition coefficient (Wildman–Crippen LogP) is 2.16. The zero-order valence-electron chi connectivity index (χ0n) is 11.6. The van der Waals surface area contributed by atoms with Gasteiger partial charge in [-0.25, -0.2) is 4.39 Å². The molecule has 1 aliphatic heterocycles. The van der Waals surface area contributed by atoms with Crippen LogP contribution in [0.5, 0.6) is 0 Å². The summed E-state index contributed by atoms with van der Waals surface area (Å²) in [7, 11) is 2.03. The molecule has 1 aromatic rings. The van der Waals surface area contributed by atoms with E-state index in [1.165, 1.54) is 6.07 Å². The van der Waals surface area contributed by atoms with Crippen molar-refractivity contribution in [2.24, 2.45) is 5.73 Å². The van der Waals surface area contributed by atoms with Gasteiger partial charge in [0.25, 0.3) is 0 Å². The molecular formula is C15H23FN2O. The van der Waals surface area contributed by atoms with Gasteiger partial charge in [-0.05, 0) is 32.4 Å². The fourth-order valence-electron chi connectivity index (χ4n) is 2.78. The first-order chi connectivity index (χ1) is 9.18. The van der Waals surface area contributed by atoms with Gasteiger partial charge in [0.05, 0.1) is 0 Å². The highest BCUT2D eigenvalue weighted by molar-refractivity contribution is 5.17. The van der Waals surface area contributed by atoms with E-state index >= 15 is 0 Å². The molecular weight excluding hydrogens is 243 g/mol. The number of hydrogen-bond donors (Lipinski definition) is 1. The molecule has 0 aromatic heterocycles. The largest absolute Gasteiger partial charge is 0.381 e. The van der Waals surface area contributed by atoms with E-state index in [1.807, 2.05) is 19.2 Å². The van der Waals surface area contributed by atoms with E-state index < -0.39 is 0 Å². The molecule has 0 saturated carbocycles. The Labute approximate surface area is 114 Å². The SMILES string of the molecule is CN(Cc1ccccc1F)C1(CN)CCCOCC1. The lowest BCUT2D eigenvalue weighted by atomic mass is 9.88. The minimum atomic E-state index is -0.147. The van der Waals surface area contributed by atoms with E-state index in [9.17, 15) is 4.39 Å². The normalized spacial score (nSPS) is 24.4. The van der Waals surface area contributed by atoms with Crippen molar-refractivity contribution in [1.29, 1.82) is 0 Å². The molecule has 2 rings (SSSR count). The second-order valence-electron chi connectivity index (χ2n) is 5.34. The molecule has 0 amide bonds. The molecule has 1 unspecified atom stereocenters. The average Bonchev–Trinajstić information content (AvgIpc) is 2.67. The van der Waals surface area contributed by atoms with Crippen LogP contribution in [-0.2, 0) is 11.3 Å².